The number of thioether (sulfide) groups is 1. The van der Waals surface area contributed by atoms with E-state index in [4.69, 9.17) is 0 Å². The molecule has 0 saturated heterocycles. The van der Waals surface area contributed by atoms with Crippen LogP contribution in [0, 0.1) is 13.8 Å². The van der Waals surface area contributed by atoms with Crippen molar-refractivity contribution in [2.45, 2.75) is 85.0 Å². The maximum Gasteiger partial charge on any atom is 0.283 e. The van der Waals surface area contributed by atoms with Crippen LogP contribution in [0.3, 0.4) is 0 Å². The Balaban J connectivity index is 1.99. The number of nitrogens with one attached hydrogen (secondary N) is 1. The quantitative estimate of drug-likeness (QED) is 0.396. The van der Waals surface area contributed by atoms with Crippen LogP contribution < -0.4 is 5.32 Å². The lowest BCUT2D eigenvalue weighted by Crippen LogP contribution is -2.07. The van der Waals surface area contributed by atoms with E-state index in [0.29, 0.717) is 0 Å². The Labute approximate surface area is 153 Å². The van der Waals surface area contributed by atoms with Gasteiger partial charge in [0.2, 0.25) is 0 Å². The summed E-state index contributed by atoms with van der Waals surface area (Å²) >= 11 is 1.41. The Morgan fingerprint density at radius 2 is 1.50 bits per heavy atom. The van der Waals surface area contributed by atoms with Crippen LogP contribution in [0.4, 0.5) is 10.5 Å². The molecule has 0 unspecified atom stereocenters. The maximum absolute atomic E-state index is 12.0. The molecular weight excluding hydrogens is 314 g/mol. The minimum atomic E-state index is 0.0691. The Morgan fingerprint density at radius 1 is 0.917 bits per heavy atom. The number of aryl methyl sites for hydroxylation is 1. The van der Waals surface area contributed by atoms with Gasteiger partial charge in [0.1, 0.15) is 0 Å². The number of carbonyl (C=O) groups is 1. The second kappa shape index (κ2) is 13.3. The summed E-state index contributed by atoms with van der Waals surface area (Å²) in [6, 6.07) is 6.04. The SMILES string of the molecule is CCCCCCCCCCCCSC(=O)Nc1cccc(C)c1C. The first kappa shape index (κ1) is 21.1. The Hall–Kier alpha value is -0.960. The van der Waals surface area contributed by atoms with E-state index in [9.17, 15) is 4.79 Å². The van der Waals surface area contributed by atoms with Crippen LogP contribution in [0.25, 0.3) is 0 Å². The number of benzene rings is 1. The summed E-state index contributed by atoms with van der Waals surface area (Å²) in [5, 5.41) is 3.08. The number of hydrogen-bond donors (Lipinski definition) is 1. The zero-order valence-corrected chi connectivity index (χ0v) is 16.6. The number of unbranched alkanes of at least 4 members (excludes halogenated alkanes) is 9. The van der Waals surface area contributed by atoms with Gasteiger partial charge in [-0.3, -0.25) is 4.79 Å². The smallest absolute Gasteiger partial charge is 0.283 e. The molecule has 0 heterocycles. The molecule has 0 aromatic heterocycles. The second-order valence-corrected chi connectivity index (χ2v) is 7.76. The number of carbonyl (C=O) groups excluding carboxylic acids is 1. The van der Waals surface area contributed by atoms with Crippen LogP contribution >= 0.6 is 11.8 Å². The van der Waals surface area contributed by atoms with E-state index in [1.165, 1.54) is 75.1 Å². The van der Waals surface area contributed by atoms with Gasteiger partial charge in [0.05, 0.1) is 0 Å². The molecule has 0 saturated carbocycles. The molecule has 0 bridgehead atoms. The number of hydrogen-bond acceptors (Lipinski definition) is 2. The highest BCUT2D eigenvalue weighted by Gasteiger charge is 2.06. The van der Waals surface area contributed by atoms with Gasteiger partial charge >= 0.3 is 0 Å². The molecule has 3 heteroatoms. The maximum atomic E-state index is 12.0. The van der Waals surface area contributed by atoms with E-state index >= 15 is 0 Å². The van der Waals surface area contributed by atoms with E-state index in [0.717, 1.165) is 23.4 Å². The van der Waals surface area contributed by atoms with Crippen molar-refractivity contribution in [3.05, 3.63) is 29.3 Å². The molecule has 0 atom stereocenters. The van der Waals surface area contributed by atoms with E-state index in [1.807, 2.05) is 12.1 Å². The van der Waals surface area contributed by atoms with Gasteiger partial charge in [-0.15, -0.1) is 0 Å². The fraction of sp³-hybridized carbons (Fsp3) is 0.667. The summed E-state index contributed by atoms with van der Waals surface area (Å²) in [4.78, 5) is 12.0. The number of anilines is 1. The van der Waals surface area contributed by atoms with Crippen molar-refractivity contribution >= 4 is 22.7 Å². The topological polar surface area (TPSA) is 29.1 Å². The molecule has 1 aromatic carbocycles. The van der Waals surface area contributed by atoms with Gasteiger partial charge in [-0.1, -0.05) is 88.6 Å². The summed E-state index contributed by atoms with van der Waals surface area (Å²) in [7, 11) is 0. The fourth-order valence-electron chi connectivity index (χ4n) is 2.79. The summed E-state index contributed by atoms with van der Waals surface area (Å²) in [5.74, 6) is 0.924. The molecule has 0 spiro atoms. The molecule has 0 aliphatic heterocycles. The van der Waals surface area contributed by atoms with E-state index < -0.39 is 0 Å². The molecule has 0 radical (unpaired) electrons. The molecule has 0 aliphatic rings. The Kier molecular flexibility index (Phi) is 11.7. The van der Waals surface area contributed by atoms with Crippen molar-refractivity contribution in [1.82, 2.24) is 0 Å². The summed E-state index contributed by atoms with van der Waals surface area (Å²) in [6.45, 7) is 6.39. The lowest BCUT2D eigenvalue weighted by molar-refractivity contribution is 0.269. The van der Waals surface area contributed by atoms with E-state index in [-0.39, 0.29) is 5.24 Å². The highest BCUT2D eigenvalue weighted by atomic mass is 32.2. The van der Waals surface area contributed by atoms with Crippen LogP contribution in [-0.2, 0) is 0 Å². The molecule has 1 aromatic rings. The van der Waals surface area contributed by atoms with Crippen LogP contribution in [-0.4, -0.2) is 11.0 Å². The predicted octanol–water partition coefficient (Wildman–Crippen LogP) is 7.49. The van der Waals surface area contributed by atoms with Crippen molar-refractivity contribution in [2.75, 3.05) is 11.1 Å². The largest absolute Gasteiger partial charge is 0.317 e. The van der Waals surface area contributed by atoms with Crippen molar-refractivity contribution in [1.29, 1.82) is 0 Å². The standard InChI is InChI=1S/C21H35NOS/c1-4-5-6-7-8-9-10-11-12-13-17-24-21(23)22-20-16-14-15-18(2)19(20)3/h14-16H,4-13,17H2,1-3H3,(H,22,23). The minimum absolute atomic E-state index is 0.0691. The number of amides is 1. The molecular formula is C21H35NOS. The third-order valence-electron chi connectivity index (χ3n) is 4.57. The van der Waals surface area contributed by atoms with E-state index in [2.05, 4.69) is 32.2 Å². The molecule has 136 valence electrons. The monoisotopic (exact) mass is 349 g/mol. The third-order valence-corrected chi connectivity index (χ3v) is 5.43. The van der Waals surface area contributed by atoms with Gasteiger partial charge in [-0.05, 0) is 37.5 Å². The first-order chi connectivity index (χ1) is 11.6. The lowest BCUT2D eigenvalue weighted by atomic mass is 10.1. The fourth-order valence-corrected chi connectivity index (χ4v) is 3.50. The van der Waals surface area contributed by atoms with Crippen LogP contribution in [0.2, 0.25) is 0 Å². The molecule has 1 rings (SSSR count). The van der Waals surface area contributed by atoms with Crippen LogP contribution in [0.15, 0.2) is 18.2 Å². The normalized spacial score (nSPS) is 10.8. The minimum Gasteiger partial charge on any atom is -0.317 e. The molecule has 24 heavy (non-hydrogen) atoms. The van der Waals surface area contributed by atoms with Crippen molar-refractivity contribution in [3.63, 3.8) is 0 Å². The van der Waals surface area contributed by atoms with Gasteiger partial charge in [0, 0.05) is 11.4 Å². The first-order valence-electron chi connectivity index (χ1n) is 9.65. The number of rotatable bonds is 12. The molecule has 0 aliphatic carbocycles. The molecule has 1 amide bonds. The van der Waals surface area contributed by atoms with Gasteiger partial charge < -0.3 is 5.32 Å². The first-order valence-corrected chi connectivity index (χ1v) is 10.6. The Morgan fingerprint density at radius 3 is 2.12 bits per heavy atom. The van der Waals surface area contributed by atoms with Gasteiger partial charge in [0.15, 0.2) is 0 Å². The molecule has 1 N–H and O–H groups in total. The highest BCUT2D eigenvalue weighted by Crippen LogP contribution is 2.20. The van der Waals surface area contributed by atoms with Gasteiger partial charge in [-0.2, -0.15) is 0 Å². The van der Waals surface area contributed by atoms with Gasteiger partial charge in [-0.25, -0.2) is 0 Å². The van der Waals surface area contributed by atoms with Crippen molar-refractivity contribution in [3.8, 4) is 0 Å². The molecule has 2 nitrogen and oxygen atoms in total. The summed E-state index contributed by atoms with van der Waals surface area (Å²) in [6.07, 6.45) is 13.4. The average Bonchev–Trinajstić information content (AvgIpc) is 2.57. The Bertz CT molecular complexity index is 473. The highest BCUT2D eigenvalue weighted by molar-refractivity contribution is 8.13. The van der Waals surface area contributed by atoms with Gasteiger partial charge in [0.25, 0.3) is 5.24 Å². The zero-order valence-electron chi connectivity index (χ0n) is 15.8. The lowest BCUT2D eigenvalue weighted by Gasteiger charge is -2.09. The summed E-state index contributed by atoms with van der Waals surface area (Å²) in [5.41, 5.74) is 3.31. The van der Waals surface area contributed by atoms with E-state index in [1.54, 1.807) is 0 Å². The van der Waals surface area contributed by atoms with Crippen LogP contribution in [0.5, 0.6) is 0 Å². The average molecular weight is 350 g/mol. The molecule has 0 fully saturated rings. The second-order valence-electron chi connectivity index (χ2n) is 6.69. The summed E-state index contributed by atoms with van der Waals surface area (Å²) < 4.78 is 0. The van der Waals surface area contributed by atoms with Crippen LogP contribution in [0.1, 0.15) is 82.3 Å². The zero-order chi connectivity index (χ0) is 17.6. The predicted molar refractivity (Wildman–Crippen MR) is 109 cm³/mol. The van der Waals surface area contributed by atoms with Crippen molar-refractivity contribution in [2.24, 2.45) is 0 Å². The van der Waals surface area contributed by atoms with Crippen molar-refractivity contribution < 1.29 is 4.79 Å². The third kappa shape index (κ3) is 9.36.